The molecule has 0 atom stereocenters. The molecule has 0 saturated carbocycles. The Morgan fingerprint density at radius 1 is 1.22 bits per heavy atom. The van der Waals surface area contributed by atoms with Crippen LogP contribution in [-0.2, 0) is 4.79 Å². The summed E-state index contributed by atoms with van der Waals surface area (Å²) in [6.45, 7) is 8.30. The average molecular weight is 332 g/mol. The Bertz CT molecular complexity index is 676. The molecule has 1 aliphatic rings. The van der Waals surface area contributed by atoms with E-state index in [1.54, 1.807) is 18.2 Å². The number of halogens is 1. The third-order valence-corrected chi connectivity index (χ3v) is 4.51. The van der Waals surface area contributed by atoms with Crippen molar-refractivity contribution in [1.29, 1.82) is 0 Å². The number of unbranched alkanes of at least 4 members (excludes halogenated alkanes) is 3. The summed E-state index contributed by atoms with van der Waals surface area (Å²) in [5.74, 6) is -0.566. The lowest BCUT2D eigenvalue weighted by Crippen LogP contribution is -2.42. The van der Waals surface area contributed by atoms with Crippen LogP contribution in [0.1, 0.15) is 61.0 Å². The standard InChI is InChI=1S/C19H22ClNO2/c1-4-6-7-8-12-21-18(22)13(3)17-14(16(20)5-2)10-9-11-15(17)19(21)23/h5,9-11H,3-4,6-8,12H2,1-2H3/b16-5+. The molecular formula is C19H22ClNO2. The first-order chi connectivity index (χ1) is 11.0. The fraction of sp³-hybridized carbons (Fsp3) is 0.368. The molecule has 0 unspecified atom stereocenters. The van der Waals surface area contributed by atoms with Gasteiger partial charge in [-0.15, -0.1) is 0 Å². The summed E-state index contributed by atoms with van der Waals surface area (Å²) in [4.78, 5) is 26.6. The number of nitrogens with zero attached hydrogens (tertiary/aromatic N) is 1. The predicted molar refractivity (Wildman–Crippen MR) is 95.2 cm³/mol. The van der Waals surface area contributed by atoms with Crippen molar-refractivity contribution >= 4 is 34.0 Å². The molecule has 2 rings (SSSR count). The molecule has 1 aromatic carbocycles. The van der Waals surface area contributed by atoms with Crippen molar-refractivity contribution in [3.63, 3.8) is 0 Å². The van der Waals surface area contributed by atoms with Crippen molar-refractivity contribution in [2.75, 3.05) is 6.54 Å². The number of hydrogen-bond acceptors (Lipinski definition) is 2. The highest BCUT2D eigenvalue weighted by molar-refractivity contribution is 6.49. The van der Waals surface area contributed by atoms with Gasteiger partial charge in [0.2, 0.25) is 0 Å². The van der Waals surface area contributed by atoms with Gasteiger partial charge in [0.1, 0.15) is 0 Å². The highest BCUT2D eigenvalue weighted by Crippen LogP contribution is 2.35. The maximum Gasteiger partial charge on any atom is 0.261 e. The van der Waals surface area contributed by atoms with Gasteiger partial charge in [-0.1, -0.05) is 62.6 Å². The molecule has 0 aliphatic carbocycles. The van der Waals surface area contributed by atoms with Gasteiger partial charge in [-0.05, 0) is 19.4 Å². The summed E-state index contributed by atoms with van der Waals surface area (Å²) < 4.78 is 0. The Kier molecular flexibility index (Phi) is 5.78. The van der Waals surface area contributed by atoms with Gasteiger partial charge in [-0.3, -0.25) is 14.5 Å². The summed E-state index contributed by atoms with van der Waals surface area (Å²) in [5.41, 5.74) is 2.09. The molecule has 1 aromatic rings. The van der Waals surface area contributed by atoms with E-state index in [1.807, 2.05) is 13.0 Å². The molecule has 0 spiro atoms. The number of rotatable bonds is 6. The lowest BCUT2D eigenvalue weighted by Gasteiger charge is -2.29. The number of allylic oxidation sites excluding steroid dienone is 1. The largest absolute Gasteiger partial charge is 0.274 e. The molecule has 0 saturated heterocycles. The molecule has 3 nitrogen and oxygen atoms in total. The van der Waals surface area contributed by atoms with Crippen LogP contribution in [0.2, 0.25) is 0 Å². The maximum atomic E-state index is 12.7. The van der Waals surface area contributed by atoms with Crippen molar-refractivity contribution in [2.24, 2.45) is 0 Å². The van der Waals surface area contributed by atoms with Crippen LogP contribution in [0, 0.1) is 0 Å². The summed E-state index contributed by atoms with van der Waals surface area (Å²) in [5, 5.41) is 0.514. The molecule has 0 aromatic heterocycles. The summed E-state index contributed by atoms with van der Waals surface area (Å²) in [7, 11) is 0. The fourth-order valence-electron chi connectivity index (χ4n) is 2.82. The molecule has 2 amide bonds. The number of carbonyl (C=O) groups is 2. The van der Waals surface area contributed by atoms with Crippen molar-refractivity contribution < 1.29 is 9.59 Å². The molecule has 0 radical (unpaired) electrons. The monoisotopic (exact) mass is 331 g/mol. The van der Waals surface area contributed by atoms with Crippen LogP contribution in [0.25, 0.3) is 10.6 Å². The highest BCUT2D eigenvalue weighted by Gasteiger charge is 2.35. The lowest BCUT2D eigenvalue weighted by atomic mass is 9.89. The van der Waals surface area contributed by atoms with Gasteiger partial charge in [-0.25, -0.2) is 0 Å². The average Bonchev–Trinajstić information content (AvgIpc) is 2.57. The van der Waals surface area contributed by atoms with Gasteiger partial charge in [0.15, 0.2) is 0 Å². The van der Waals surface area contributed by atoms with Crippen LogP contribution in [0.4, 0.5) is 0 Å². The first kappa shape index (κ1) is 17.5. The van der Waals surface area contributed by atoms with Gasteiger partial charge in [0.25, 0.3) is 11.8 Å². The Hall–Kier alpha value is -1.87. The number of carbonyl (C=O) groups excluding carboxylic acids is 2. The Morgan fingerprint density at radius 2 is 1.96 bits per heavy atom. The molecule has 23 heavy (non-hydrogen) atoms. The molecule has 1 aliphatic heterocycles. The zero-order valence-corrected chi connectivity index (χ0v) is 14.4. The third kappa shape index (κ3) is 3.40. The minimum Gasteiger partial charge on any atom is -0.274 e. The van der Waals surface area contributed by atoms with Gasteiger partial charge in [0.05, 0.1) is 0 Å². The molecule has 0 fully saturated rings. The number of hydrogen-bond donors (Lipinski definition) is 0. The smallest absolute Gasteiger partial charge is 0.261 e. The number of fused-ring (bicyclic) bond motifs is 1. The van der Waals surface area contributed by atoms with E-state index in [9.17, 15) is 9.59 Å². The maximum absolute atomic E-state index is 12.7. The molecule has 4 heteroatoms. The van der Waals surface area contributed by atoms with Crippen molar-refractivity contribution in [3.8, 4) is 0 Å². The van der Waals surface area contributed by atoms with Crippen LogP contribution in [-0.4, -0.2) is 23.3 Å². The second kappa shape index (κ2) is 7.60. The van der Waals surface area contributed by atoms with Crippen molar-refractivity contribution in [3.05, 3.63) is 47.5 Å². The molecule has 1 heterocycles. The van der Waals surface area contributed by atoms with Gasteiger partial charge in [-0.2, -0.15) is 0 Å². The van der Waals surface area contributed by atoms with Crippen LogP contribution >= 0.6 is 11.6 Å². The second-order valence-corrected chi connectivity index (χ2v) is 6.07. The lowest BCUT2D eigenvalue weighted by molar-refractivity contribution is -0.122. The van der Waals surface area contributed by atoms with E-state index in [1.165, 1.54) is 4.90 Å². The van der Waals surface area contributed by atoms with E-state index >= 15 is 0 Å². The molecule has 0 bridgehead atoms. The molecular weight excluding hydrogens is 310 g/mol. The van der Waals surface area contributed by atoms with Crippen LogP contribution in [0.15, 0.2) is 30.9 Å². The summed E-state index contributed by atoms with van der Waals surface area (Å²) in [6, 6.07) is 5.33. The van der Waals surface area contributed by atoms with Crippen LogP contribution in [0.3, 0.4) is 0 Å². The minimum atomic E-state index is -0.313. The molecule has 122 valence electrons. The van der Waals surface area contributed by atoms with E-state index in [0.29, 0.717) is 33.8 Å². The number of amides is 2. The van der Waals surface area contributed by atoms with Gasteiger partial charge >= 0.3 is 0 Å². The van der Waals surface area contributed by atoms with Crippen molar-refractivity contribution in [2.45, 2.75) is 39.5 Å². The molecule has 0 N–H and O–H groups in total. The quantitative estimate of drug-likeness (QED) is 0.424. The van der Waals surface area contributed by atoms with Gasteiger partial charge < -0.3 is 0 Å². The topological polar surface area (TPSA) is 37.4 Å². The van der Waals surface area contributed by atoms with E-state index in [4.69, 9.17) is 11.6 Å². The zero-order valence-electron chi connectivity index (χ0n) is 13.7. The SMILES string of the molecule is C=C1C(=O)N(CCCCCC)C(=O)c2cccc(/C(Cl)=C\C)c21. The third-order valence-electron chi connectivity index (χ3n) is 4.09. The van der Waals surface area contributed by atoms with Gasteiger partial charge in [0, 0.05) is 33.8 Å². The highest BCUT2D eigenvalue weighted by atomic mass is 35.5. The summed E-state index contributed by atoms with van der Waals surface area (Å²) >= 11 is 6.23. The van der Waals surface area contributed by atoms with E-state index < -0.39 is 0 Å². The van der Waals surface area contributed by atoms with E-state index in [2.05, 4.69) is 13.5 Å². The fourth-order valence-corrected chi connectivity index (χ4v) is 2.97. The first-order valence-corrected chi connectivity index (χ1v) is 8.41. The normalized spacial score (nSPS) is 15.2. The van der Waals surface area contributed by atoms with E-state index in [-0.39, 0.29) is 11.8 Å². The van der Waals surface area contributed by atoms with Crippen LogP contribution < -0.4 is 0 Å². The Balaban J connectivity index is 2.36. The van der Waals surface area contributed by atoms with Crippen molar-refractivity contribution in [1.82, 2.24) is 4.90 Å². The number of imide groups is 1. The summed E-state index contributed by atoms with van der Waals surface area (Å²) in [6.07, 6.45) is 5.80. The Labute approximate surface area is 142 Å². The van der Waals surface area contributed by atoms with E-state index in [0.717, 1.165) is 25.7 Å². The number of benzene rings is 1. The first-order valence-electron chi connectivity index (χ1n) is 8.03. The minimum absolute atomic E-state index is 0.253. The second-order valence-electron chi connectivity index (χ2n) is 5.67. The Morgan fingerprint density at radius 3 is 2.61 bits per heavy atom. The van der Waals surface area contributed by atoms with Crippen LogP contribution in [0.5, 0.6) is 0 Å². The predicted octanol–water partition coefficient (Wildman–Crippen LogP) is 4.86. The zero-order chi connectivity index (χ0) is 17.0.